The lowest BCUT2D eigenvalue weighted by molar-refractivity contribution is -0.147. The van der Waals surface area contributed by atoms with Gasteiger partial charge in [-0.2, -0.15) is 0 Å². The fraction of sp³-hybridized carbons (Fsp3) is 0.357. The molecule has 1 aliphatic rings. The summed E-state index contributed by atoms with van der Waals surface area (Å²) in [5.74, 6) is -2.17. The Kier molecular flexibility index (Phi) is 11.6. The third kappa shape index (κ3) is 9.45. The van der Waals surface area contributed by atoms with Crippen molar-refractivity contribution >= 4 is 40.3 Å². The summed E-state index contributed by atoms with van der Waals surface area (Å²) < 4.78 is 10.9. The summed E-state index contributed by atoms with van der Waals surface area (Å²) in [7, 11) is 0. The third-order valence-corrected chi connectivity index (χ3v) is 6.32. The van der Waals surface area contributed by atoms with E-state index in [2.05, 4.69) is 15.2 Å². The minimum atomic E-state index is -1.23. The molecule has 1 aromatic heterocycles. The molecule has 0 aliphatic carbocycles. The van der Waals surface area contributed by atoms with Gasteiger partial charge in [0.05, 0.1) is 13.2 Å². The first kappa shape index (κ1) is 30.8. The van der Waals surface area contributed by atoms with Gasteiger partial charge in [0, 0.05) is 53.6 Å². The van der Waals surface area contributed by atoms with Crippen LogP contribution in [0.4, 0.5) is 0 Å². The molecule has 1 fully saturated rings. The van der Waals surface area contributed by atoms with E-state index in [0.29, 0.717) is 41.4 Å². The molecule has 4 N–H and O–H groups in total. The quantitative estimate of drug-likeness (QED) is 0.280. The molecule has 0 bridgehead atoms. The lowest BCUT2D eigenvalue weighted by atomic mass is 10.0. The van der Waals surface area contributed by atoms with Crippen molar-refractivity contribution in [2.75, 3.05) is 39.5 Å². The number of ether oxygens (including phenoxy) is 2. The van der Waals surface area contributed by atoms with Gasteiger partial charge in [-0.15, -0.1) is 0 Å². The first-order valence-corrected chi connectivity index (χ1v) is 13.1. The molecule has 1 aliphatic heterocycles. The van der Waals surface area contributed by atoms with Gasteiger partial charge in [0.1, 0.15) is 18.8 Å². The molecule has 1 saturated heterocycles. The Morgan fingerprint density at radius 3 is 2.42 bits per heavy atom. The van der Waals surface area contributed by atoms with E-state index >= 15 is 0 Å². The fourth-order valence-electron chi connectivity index (χ4n) is 3.90. The van der Waals surface area contributed by atoms with Gasteiger partial charge in [-0.3, -0.25) is 14.5 Å². The molecular weight excluding hydrogens is 542 g/mol. The maximum atomic E-state index is 13.0. The van der Waals surface area contributed by atoms with Crippen LogP contribution in [0.25, 0.3) is 10.9 Å². The lowest BCUT2D eigenvalue weighted by Crippen LogP contribution is -2.44. The number of morpholine rings is 1. The number of carbonyl (C=O) groups excluding carboxylic acids is 2. The number of esters is 1. The Morgan fingerprint density at radius 2 is 1.77 bits per heavy atom. The average Bonchev–Trinajstić information content (AvgIpc) is 2.93. The number of hydrogen-bond acceptors (Lipinski definition) is 8. The second kappa shape index (κ2) is 15.1. The highest BCUT2D eigenvalue weighted by Gasteiger charge is 2.25. The highest BCUT2D eigenvalue weighted by molar-refractivity contribution is 6.30. The van der Waals surface area contributed by atoms with E-state index < -0.39 is 30.0 Å². The zero-order valence-electron chi connectivity index (χ0n) is 22.0. The molecule has 3 aromatic rings. The van der Waals surface area contributed by atoms with E-state index in [1.807, 2.05) is 18.2 Å². The highest BCUT2D eigenvalue weighted by atomic mass is 35.5. The molecule has 40 heavy (non-hydrogen) atoms. The smallest absolute Gasteiger partial charge is 0.332 e. The Hall–Kier alpha value is -3.77. The SMILES string of the molecule is CC(O)C(=O)O.O=C(NC(Cc1cc(=O)[nH]c2ccccc12)C(=O)OCCN1CCOCC1)c1ccc(Cl)cc1. The van der Waals surface area contributed by atoms with Gasteiger partial charge in [-0.1, -0.05) is 29.8 Å². The van der Waals surface area contributed by atoms with Crippen LogP contribution in [-0.2, 0) is 25.5 Å². The number of carboxylic acid groups (broad SMARTS) is 1. The van der Waals surface area contributed by atoms with E-state index in [1.54, 1.807) is 30.3 Å². The Morgan fingerprint density at radius 1 is 1.12 bits per heavy atom. The van der Waals surface area contributed by atoms with Crippen LogP contribution in [0.5, 0.6) is 0 Å². The van der Waals surface area contributed by atoms with E-state index in [4.69, 9.17) is 31.3 Å². The number of amides is 1. The van der Waals surface area contributed by atoms with E-state index in [-0.39, 0.29) is 18.6 Å². The summed E-state index contributed by atoms with van der Waals surface area (Å²) in [4.78, 5) is 52.5. The van der Waals surface area contributed by atoms with Gasteiger partial charge in [0.15, 0.2) is 0 Å². The standard InChI is InChI=1S/C25H26ClN3O5.C3H6O3/c26-19-7-5-17(6-8-19)24(31)28-22(25(32)34-14-11-29-9-12-33-13-10-29)15-18-16-23(30)27-21-4-2-1-3-20(18)21;1-2(4)3(5)6/h1-8,16,22H,9-15H2,(H,27,30)(H,28,31);2,4H,1H3,(H,5,6). The number of nitrogens with one attached hydrogen (secondary N) is 2. The van der Waals surface area contributed by atoms with Crippen molar-refractivity contribution in [3.63, 3.8) is 0 Å². The molecule has 1 amide bonds. The number of H-pyrrole nitrogens is 1. The molecule has 0 saturated carbocycles. The Bertz CT molecular complexity index is 1350. The number of aromatic amines is 1. The summed E-state index contributed by atoms with van der Waals surface area (Å²) >= 11 is 5.92. The van der Waals surface area contributed by atoms with Gasteiger partial charge in [0.2, 0.25) is 5.56 Å². The largest absolute Gasteiger partial charge is 0.479 e. The average molecular weight is 574 g/mol. The number of hydrogen-bond donors (Lipinski definition) is 4. The number of pyridine rings is 1. The molecular formula is C28H32ClN3O8. The molecule has 11 nitrogen and oxygen atoms in total. The number of carboxylic acids is 1. The first-order valence-electron chi connectivity index (χ1n) is 12.7. The van der Waals surface area contributed by atoms with Crippen molar-refractivity contribution in [3.8, 4) is 0 Å². The molecule has 12 heteroatoms. The molecule has 2 aromatic carbocycles. The number of aliphatic hydroxyl groups excluding tert-OH is 1. The molecule has 0 spiro atoms. The minimum Gasteiger partial charge on any atom is -0.479 e. The fourth-order valence-corrected chi connectivity index (χ4v) is 4.03. The maximum absolute atomic E-state index is 13.0. The zero-order valence-corrected chi connectivity index (χ0v) is 22.7. The molecule has 214 valence electrons. The number of aliphatic carboxylic acids is 1. The van der Waals surface area contributed by atoms with E-state index in [9.17, 15) is 19.2 Å². The summed E-state index contributed by atoms with van der Waals surface area (Å²) in [6.07, 6.45) is -1.12. The predicted molar refractivity (Wildman–Crippen MR) is 149 cm³/mol. The number of rotatable bonds is 9. The van der Waals surface area contributed by atoms with Crippen molar-refractivity contribution < 1.29 is 34.1 Å². The van der Waals surface area contributed by atoms with Gasteiger partial charge < -0.3 is 30.0 Å². The van der Waals surface area contributed by atoms with Gasteiger partial charge in [-0.05, 0) is 42.8 Å². The van der Waals surface area contributed by atoms with Gasteiger partial charge in [0.25, 0.3) is 5.91 Å². The topological polar surface area (TPSA) is 158 Å². The number of aliphatic hydroxyl groups is 1. The second-order valence-corrected chi connectivity index (χ2v) is 9.51. The van der Waals surface area contributed by atoms with Crippen LogP contribution < -0.4 is 10.9 Å². The van der Waals surface area contributed by atoms with Crippen molar-refractivity contribution in [2.24, 2.45) is 0 Å². The maximum Gasteiger partial charge on any atom is 0.332 e. The summed E-state index contributed by atoms with van der Waals surface area (Å²) in [6.45, 7) is 4.86. The van der Waals surface area contributed by atoms with Crippen molar-refractivity contribution in [1.29, 1.82) is 0 Å². The molecule has 0 radical (unpaired) electrons. The lowest BCUT2D eigenvalue weighted by Gasteiger charge is -2.26. The van der Waals surface area contributed by atoms with Crippen molar-refractivity contribution in [2.45, 2.75) is 25.5 Å². The van der Waals surface area contributed by atoms with Crippen LogP contribution in [-0.4, -0.2) is 89.5 Å². The third-order valence-electron chi connectivity index (χ3n) is 6.07. The first-order chi connectivity index (χ1) is 19.1. The number of benzene rings is 2. The number of nitrogens with zero attached hydrogens (tertiary/aromatic N) is 1. The highest BCUT2D eigenvalue weighted by Crippen LogP contribution is 2.17. The van der Waals surface area contributed by atoms with Gasteiger partial charge >= 0.3 is 11.9 Å². The summed E-state index contributed by atoms with van der Waals surface area (Å²) in [5, 5.41) is 19.8. The van der Waals surface area contributed by atoms with E-state index in [1.165, 1.54) is 13.0 Å². The normalized spacial score (nSPS) is 14.9. The summed E-state index contributed by atoms with van der Waals surface area (Å²) in [6, 6.07) is 14.2. The predicted octanol–water partition coefficient (Wildman–Crippen LogP) is 1.85. The summed E-state index contributed by atoms with van der Waals surface area (Å²) in [5.41, 5.74) is 1.39. The zero-order chi connectivity index (χ0) is 29.1. The number of halogens is 1. The monoisotopic (exact) mass is 573 g/mol. The Balaban J connectivity index is 0.000000663. The van der Waals surface area contributed by atoms with E-state index in [0.717, 1.165) is 18.5 Å². The van der Waals surface area contributed by atoms with Crippen LogP contribution in [0.1, 0.15) is 22.8 Å². The van der Waals surface area contributed by atoms with Crippen LogP contribution >= 0.6 is 11.6 Å². The number of carbonyl (C=O) groups is 3. The number of aromatic nitrogens is 1. The van der Waals surface area contributed by atoms with Crippen LogP contribution in [0.3, 0.4) is 0 Å². The van der Waals surface area contributed by atoms with Crippen LogP contribution in [0, 0.1) is 0 Å². The van der Waals surface area contributed by atoms with Crippen molar-refractivity contribution in [1.82, 2.24) is 15.2 Å². The molecule has 2 atom stereocenters. The van der Waals surface area contributed by atoms with Gasteiger partial charge in [-0.25, -0.2) is 9.59 Å². The number of para-hydroxylation sites is 1. The Labute approximate surface area is 235 Å². The second-order valence-electron chi connectivity index (χ2n) is 9.08. The number of fused-ring (bicyclic) bond motifs is 1. The van der Waals surface area contributed by atoms with Crippen molar-refractivity contribution in [3.05, 3.63) is 81.1 Å². The molecule has 2 heterocycles. The van der Waals surface area contributed by atoms with Crippen LogP contribution in [0.2, 0.25) is 5.02 Å². The molecule has 2 unspecified atom stereocenters. The van der Waals surface area contributed by atoms with Crippen LogP contribution in [0.15, 0.2) is 59.4 Å². The molecule has 4 rings (SSSR count). The minimum absolute atomic E-state index is 0.111.